The minimum atomic E-state index is -0.0700. The van der Waals surface area contributed by atoms with Gasteiger partial charge in [-0.2, -0.15) is 0 Å². The second-order valence-electron chi connectivity index (χ2n) is 4.32. The Morgan fingerprint density at radius 1 is 1.69 bits per heavy atom. The van der Waals surface area contributed by atoms with Gasteiger partial charge in [0.15, 0.2) is 0 Å². The van der Waals surface area contributed by atoms with Crippen LogP contribution in [0.5, 0.6) is 0 Å². The minimum absolute atomic E-state index is 0.0700. The summed E-state index contributed by atoms with van der Waals surface area (Å²) >= 11 is 2.04. The van der Waals surface area contributed by atoms with Crippen molar-refractivity contribution in [3.8, 4) is 0 Å². The fraction of sp³-hybridized carbons (Fsp3) is 0.636. The van der Waals surface area contributed by atoms with Gasteiger partial charge in [0.25, 0.3) is 5.56 Å². The summed E-state index contributed by atoms with van der Waals surface area (Å²) in [6.07, 6.45) is 6.44. The number of aromatic amines is 1. The molecule has 1 unspecified atom stereocenters. The van der Waals surface area contributed by atoms with Crippen molar-refractivity contribution < 1.29 is 0 Å². The molecule has 5 heteroatoms. The maximum absolute atomic E-state index is 11.4. The monoisotopic (exact) mass is 333 g/mol. The molecule has 0 radical (unpaired) electrons. The topological polar surface area (TPSA) is 57.8 Å². The second-order valence-corrected chi connectivity index (χ2v) is 5.40. The number of hydrogen-bond acceptors (Lipinski definition) is 3. The van der Waals surface area contributed by atoms with Crippen molar-refractivity contribution >= 4 is 28.4 Å². The lowest BCUT2D eigenvalue weighted by Gasteiger charge is -2.17. The van der Waals surface area contributed by atoms with E-state index in [2.05, 4.69) is 22.2 Å². The first-order valence-corrected chi connectivity index (χ1v) is 6.78. The van der Waals surface area contributed by atoms with Crippen LogP contribution in [0.15, 0.2) is 11.1 Å². The van der Waals surface area contributed by atoms with Crippen LogP contribution in [0, 0.1) is 9.49 Å². The maximum Gasteiger partial charge on any atom is 0.266 e. The van der Waals surface area contributed by atoms with E-state index in [9.17, 15) is 4.79 Å². The first-order valence-electron chi connectivity index (χ1n) is 5.70. The van der Waals surface area contributed by atoms with E-state index in [1.165, 1.54) is 25.6 Å². The third-order valence-electron chi connectivity index (χ3n) is 2.94. The van der Waals surface area contributed by atoms with Gasteiger partial charge in [0.2, 0.25) is 0 Å². The van der Waals surface area contributed by atoms with Crippen molar-refractivity contribution in [3.05, 3.63) is 20.3 Å². The zero-order chi connectivity index (χ0) is 11.5. The predicted molar refractivity (Wildman–Crippen MR) is 72.6 cm³/mol. The maximum atomic E-state index is 11.4. The average Bonchev–Trinajstić information content (AvgIpc) is 3.07. The lowest BCUT2D eigenvalue weighted by molar-refractivity contribution is 0.584. The van der Waals surface area contributed by atoms with Crippen molar-refractivity contribution in [3.63, 3.8) is 0 Å². The Labute approximate surface area is 108 Å². The number of nitrogens with zero attached hydrogens (tertiary/aromatic N) is 1. The third kappa shape index (κ3) is 2.96. The van der Waals surface area contributed by atoms with Gasteiger partial charge in [-0.25, -0.2) is 4.98 Å². The molecule has 1 aromatic heterocycles. The second kappa shape index (κ2) is 5.16. The molecule has 0 saturated heterocycles. The minimum Gasteiger partial charge on any atom is -0.366 e. The van der Waals surface area contributed by atoms with Crippen molar-refractivity contribution in [1.82, 2.24) is 9.97 Å². The lowest BCUT2D eigenvalue weighted by Crippen LogP contribution is -2.23. The summed E-state index contributed by atoms with van der Waals surface area (Å²) in [5.41, 5.74) is -0.0700. The van der Waals surface area contributed by atoms with Crippen LogP contribution < -0.4 is 10.9 Å². The Hall–Kier alpha value is -0.590. The van der Waals surface area contributed by atoms with Gasteiger partial charge in [0.05, 0.1) is 6.33 Å². The van der Waals surface area contributed by atoms with E-state index in [0.29, 0.717) is 9.61 Å². The summed E-state index contributed by atoms with van der Waals surface area (Å²) in [4.78, 5) is 18.2. The highest BCUT2D eigenvalue weighted by Gasteiger charge is 2.25. The van der Waals surface area contributed by atoms with E-state index in [1.54, 1.807) is 0 Å². The van der Waals surface area contributed by atoms with Crippen LogP contribution in [0.2, 0.25) is 0 Å². The van der Waals surface area contributed by atoms with Gasteiger partial charge in [-0.15, -0.1) is 0 Å². The molecule has 4 nitrogen and oxygen atoms in total. The van der Waals surface area contributed by atoms with Gasteiger partial charge in [0, 0.05) is 6.04 Å². The first-order chi connectivity index (χ1) is 7.70. The summed E-state index contributed by atoms with van der Waals surface area (Å²) in [5.74, 6) is 1.61. The molecule has 2 rings (SSSR count). The van der Waals surface area contributed by atoms with E-state index >= 15 is 0 Å². The number of H-pyrrole nitrogens is 1. The Balaban J connectivity index is 2.05. The summed E-state index contributed by atoms with van der Waals surface area (Å²) < 4.78 is 0.648. The molecule has 2 N–H and O–H groups in total. The molecular formula is C11H16IN3O. The molecule has 1 heterocycles. The van der Waals surface area contributed by atoms with Crippen LogP contribution in [0.25, 0.3) is 0 Å². The van der Waals surface area contributed by atoms with Gasteiger partial charge < -0.3 is 10.3 Å². The summed E-state index contributed by atoms with van der Waals surface area (Å²) in [7, 11) is 0. The zero-order valence-corrected chi connectivity index (χ0v) is 11.5. The molecule has 0 aliphatic heterocycles. The highest BCUT2D eigenvalue weighted by atomic mass is 127. The van der Waals surface area contributed by atoms with E-state index in [0.717, 1.165) is 18.2 Å². The molecular weight excluding hydrogens is 317 g/mol. The molecule has 0 amide bonds. The van der Waals surface area contributed by atoms with Crippen LogP contribution in [-0.2, 0) is 0 Å². The van der Waals surface area contributed by atoms with Gasteiger partial charge in [-0.05, 0) is 41.4 Å². The number of nitrogens with one attached hydrogen (secondary N) is 2. The fourth-order valence-electron chi connectivity index (χ4n) is 1.76. The highest BCUT2D eigenvalue weighted by molar-refractivity contribution is 14.1. The molecule has 1 aromatic rings. The summed E-state index contributed by atoms with van der Waals surface area (Å²) in [6.45, 7) is 2.17. The van der Waals surface area contributed by atoms with E-state index in [4.69, 9.17) is 0 Å². The SMILES string of the molecule is CCC(CC1CC1)Nc1nc[nH]c(=O)c1I. The number of halogens is 1. The van der Waals surface area contributed by atoms with Crippen LogP contribution >= 0.6 is 22.6 Å². The molecule has 1 saturated carbocycles. The molecule has 1 atom stereocenters. The quantitative estimate of drug-likeness (QED) is 0.814. The van der Waals surface area contributed by atoms with Gasteiger partial charge in [0.1, 0.15) is 9.39 Å². The smallest absolute Gasteiger partial charge is 0.266 e. The number of anilines is 1. The highest BCUT2D eigenvalue weighted by Crippen LogP contribution is 2.34. The molecule has 0 spiro atoms. The first kappa shape index (κ1) is 11.9. The molecule has 16 heavy (non-hydrogen) atoms. The largest absolute Gasteiger partial charge is 0.366 e. The van der Waals surface area contributed by atoms with E-state index < -0.39 is 0 Å². The normalized spacial score (nSPS) is 17.1. The number of rotatable bonds is 5. The van der Waals surface area contributed by atoms with E-state index in [1.807, 2.05) is 22.6 Å². The fourth-order valence-corrected chi connectivity index (χ4v) is 2.21. The predicted octanol–water partition coefficient (Wildman–Crippen LogP) is 2.37. The van der Waals surface area contributed by atoms with Crippen LogP contribution in [0.3, 0.4) is 0 Å². The standard InChI is InChI=1S/C11H16IN3O/c1-2-8(5-7-3-4-7)15-10-9(12)11(16)14-6-13-10/h6-8H,2-5H2,1H3,(H2,13,14,15,16). The van der Waals surface area contributed by atoms with Gasteiger partial charge in [-0.1, -0.05) is 19.8 Å². The van der Waals surface area contributed by atoms with Gasteiger partial charge in [-0.3, -0.25) is 4.79 Å². The Morgan fingerprint density at radius 2 is 2.44 bits per heavy atom. The van der Waals surface area contributed by atoms with Crippen molar-refractivity contribution in [2.45, 2.75) is 38.6 Å². The lowest BCUT2D eigenvalue weighted by atomic mass is 10.1. The summed E-state index contributed by atoms with van der Waals surface area (Å²) in [6, 6.07) is 0.440. The number of aromatic nitrogens is 2. The zero-order valence-electron chi connectivity index (χ0n) is 9.29. The Kier molecular flexibility index (Phi) is 3.83. The Bertz CT molecular complexity index is 414. The molecule has 1 fully saturated rings. The van der Waals surface area contributed by atoms with Crippen molar-refractivity contribution in [1.29, 1.82) is 0 Å². The third-order valence-corrected chi connectivity index (χ3v) is 3.95. The molecule has 0 bridgehead atoms. The Morgan fingerprint density at radius 3 is 3.06 bits per heavy atom. The molecule has 88 valence electrons. The summed E-state index contributed by atoms with van der Waals surface area (Å²) in [5, 5.41) is 3.37. The van der Waals surface area contributed by atoms with Crippen LogP contribution in [0.4, 0.5) is 5.82 Å². The molecule has 1 aliphatic rings. The van der Waals surface area contributed by atoms with Crippen molar-refractivity contribution in [2.75, 3.05) is 5.32 Å². The average molecular weight is 333 g/mol. The van der Waals surface area contributed by atoms with Crippen molar-refractivity contribution in [2.24, 2.45) is 5.92 Å². The van der Waals surface area contributed by atoms with Gasteiger partial charge >= 0.3 is 0 Å². The molecule has 1 aliphatic carbocycles. The van der Waals surface area contributed by atoms with E-state index in [-0.39, 0.29) is 5.56 Å². The number of hydrogen-bond donors (Lipinski definition) is 2. The van der Waals surface area contributed by atoms with Crippen LogP contribution in [0.1, 0.15) is 32.6 Å². The van der Waals surface area contributed by atoms with Crippen LogP contribution in [-0.4, -0.2) is 16.0 Å². The molecule has 0 aromatic carbocycles.